The van der Waals surface area contributed by atoms with E-state index in [1.807, 2.05) is 20.8 Å². The minimum absolute atomic E-state index is 0. The van der Waals surface area contributed by atoms with Crippen molar-refractivity contribution in [2.45, 2.75) is 28.2 Å². The van der Waals surface area contributed by atoms with Crippen molar-refractivity contribution in [3.8, 4) is 0 Å². The molecule has 0 saturated heterocycles. The molecule has 0 aromatic carbocycles. The molecule has 0 aromatic rings. The molecule has 0 aliphatic carbocycles. The second kappa shape index (κ2) is 3.67. The van der Waals surface area contributed by atoms with Gasteiger partial charge in [0, 0.05) is 0 Å². The van der Waals surface area contributed by atoms with Crippen LogP contribution in [0, 0.1) is 5.41 Å². The van der Waals surface area contributed by atoms with Crippen molar-refractivity contribution in [2.75, 3.05) is 6.61 Å². The Hall–Kier alpha value is -0.300. The molecule has 0 unspecified atom stereocenters. The number of rotatable bonds is 1. The zero-order valence-electron chi connectivity index (χ0n) is 5.86. The molecule has 0 amide bonds. The lowest BCUT2D eigenvalue weighted by Gasteiger charge is -2.19. The first-order chi connectivity index (χ1) is 3.48. The van der Waals surface area contributed by atoms with Crippen molar-refractivity contribution in [2.24, 2.45) is 5.41 Å². The molecule has 0 bridgehead atoms. The molecule has 0 aromatic heterocycles. The van der Waals surface area contributed by atoms with Crippen LogP contribution in [0.15, 0.2) is 12.2 Å². The van der Waals surface area contributed by atoms with E-state index in [0.717, 1.165) is 5.57 Å². The van der Waals surface area contributed by atoms with Crippen LogP contribution in [0.25, 0.3) is 0 Å². The fraction of sp³-hybridized carbons (Fsp3) is 0.750. The molecular formula is C8H18O. The van der Waals surface area contributed by atoms with E-state index < -0.39 is 0 Å². The Morgan fingerprint density at radius 1 is 1.44 bits per heavy atom. The highest BCUT2D eigenvalue weighted by Gasteiger charge is 2.12. The number of aliphatic hydroxyl groups is 1. The van der Waals surface area contributed by atoms with Gasteiger partial charge >= 0.3 is 0 Å². The zero-order valence-corrected chi connectivity index (χ0v) is 5.86. The molecule has 0 aliphatic heterocycles. The monoisotopic (exact) mass is 130 g/mol. The second-order valence-electron chi connectivity index (χ2n) is 3.01. The molecule has 0 spiro atoms. The minimum atomic E-state index is 0. The van der Waals surface area contributed by atoms with Gasteiger partial charge in [-0.2, -0.15) is 0 Å². The van der Waals surface area contributed by atoms with Gasteiger partial charge in [0.05, 0.1) is 6.61 Å². The van der Waals surface area contributed by atoms with Crippen molar-refractivity contribution in [3.05, 3.63) is 12.2 Å². The van der Waals surface area contributed by atoms with Crippen molar-refractivity contribution in [3.63, 3.8) is 0 Å². The third-order valence-electron chi connectivity index (χ3n) is 1.25. The van der Waals surface area contributed by atoms with E-state index in [-0.39, 0.29) is 19.4 Å². The molecule has 0 atom stereocenters. The predicted octanol–water partition coefficient (Wildman–Crippen LogP) is 2.22. The molecule has 0 saturated carbocycles. The van der Waals surface area contributed by atoms with E-state index >= 15 is 0 Å². The van der Waals surface area contributed by atoms with Crippen molar-refractivity contribution < 1.29 is 5.11 Å². The fourth-order valence-corrected chi connectivity index (χ4v) is 0.237. The standard InChI is InChI=1S/C7H14O.CH4/c1-6(5-8)7(2,3)4;/h8H,1,5H2,2-4H3;1H4. The quantitative estimate of drug-likeness (QED) is 0.539. The summed E-state index contributed by atoms with van der Waals surface area (Å²) < 4.78 is 0. The molecule has 1 nitrogen and oxygen atoms in total. The lowest BCUT2D eigenvalue weighted by Crippen LogP contribution is -2.10. The number of aliphatic hydroxyl groups excluding tert-OH is 1. The van der Waals surface area contributed by atoms with Crippen LogP contribution < -0.4 is 0 Å². The summed E-state index contributed by atoms with van der Waals surface area (Å²) in [5.41, 5.74) is 0.951. The van der Waals surface area contributed by atoms with Crippen LogP contribution in [0.3, 0.4) is 0 Å². The van der Waals surface area contributed by atoms with Crippen LogP contribution >= 0.6 is 0 Å². The van der Waals surface area contributed by atoms with Crippen molar-refractivity contribution in [1.82, 2.24) is 0 Å². The zero-order chi connectivity index (χ0) is 6.78. The smallest absolute Gasteiger partial charge is 0.0644 e. The van der Waals surface area contributed by atoms with Crippen molar-refractivity contribution in [1.29, 1.82) is 0 Å². The van der Waals surface area contributed by atoms with Gasteiger partial charge in [-0.15, -0.1) is 0 Å². The summed E-state index contributed by atoms with van der Waals surface area (Å²) in [6, 6.07) is 0. The maximum atomic E-state index is 8.57. The largest absolute Gasteiger partial charge is 0.392 e. The van der Waals surface area contributed by atoms with E-state index in [2.05, 4.69) is 6.58 Å². The topological polar surface area (TPSA) is 20.2 Å². The molecule has 56 valence electrons. The van der Waals surface area contributed by atoms with Gasteiger partial charge < -0.3 is 5.11 Å². The molecule has 0 fully saturated rings. The summed E-state index contributed by atoms with van der Waals surface area (Å²) in [4.78, 5) is 0. The maximum Gasteiger partial charge on any atom is 0.0644 e. The Morgan fingerprint density at radius 3 is 1.78 bits per heavy atom. The summed E-state index contributed by atoms with van der Waals surface area (Å²) in [7, 11) is 0. The normalized spacial score (nSPS) is 10.2. The highest BCUT2D eigenvalue weighted by atomic mass is 16.3. The van der Waals surface area contributed by atoms with Crippen LogP contribution in [0.2, 0.25) is 0 Å². The molecule has 0 aliphatic rings. The SMILES string of the molecule is C.C=C(CO)C(C)(C)C. The van der Waals surface area contributed by atoms with E-state index in [0.29, 0.717) is 0 Å². The molecule has 1 heteroatoms. The number of hydrogen-bond acceptors (Lipinski definition) is 1. The first-order valence-corrected chi connectivity index (χ1v) is 2.77. The lowest BCUT2D eigenvalue weighted by molar-refractivity contribution is 0.297. The molecule has 0 rings (SSSR count). The summed E-state index contributed by atoms with van der Waals surface area (Å²) >= 11 is 0. The highest BCUT2D eigenvalue weighted by Crippen LogP contribution is 2.21. The molecule has 9 heavy (non-hydrogen) atoms. The lowest BCUT2D eigenvalue weighted by atomic mass is 9.88. The van der Waals surface area contributed by atoms with Gasteiger partial charge in [-0.05, 0) is 11.0 Å². The first kappa shape index (κ1) is 11.5. The van der Waals surface area contributed by atoms with E-state index in [9.17, 15) is 0 Å². The fourth-order valence-electron chi connectivity index (χ4n) is 0.237. The summed E-state index contributed by atoms with van der Waals surface area (Å²) in [5.74, 6) is 0. The Labute approximate surface area is 58.4 Å². The van der Waals surface area contributed by atoms with E-state index in [1.54, 1.807) is 0 Å². The van der Waals surface area contributed by atoms with Gasteiger partial charge in [0.25, 0.3) is 0 Å². The molecule has 0 heterocycles. The third-order valence-corrected chi connectivity index (χ3v) is 1.25. The van der Waals surface area contributed by atoms with Gasteiger partial charge in [-0.25, -0.2) is 0 Å². The number of hydrogen-bond donors (Lipinski definition) is 1. The maximum absolute atomic E-state index is 8.57. The van der Waals surface area contributed by atoms with Gasteiger partial charge in [0.1, 0.15) is 0 Å². The van der Waals surface area contributed by atoms with Gasteiger partial charge in [0.15, 0.2) is 0 Å². The average Bonchev–Trinajstić information content (AvgIpc) is 1.62. The van der Waals surface area contributed by atoms with Crippen LogP contribution in [-0.2, 0) is 0 Å². The van der Waals surface area contributed by atoms with Gasteiger partial charge in [-0.3, -0.25) is 0 Å². The van der Waals surface area contributed by atoms with Gasteiger partial charge in [-0.1, -0.05) is 34.8 Å². The predicted molar refractivity (Wildman–Crippen MR) is 42.4 cm³/mol. The first-order valence-electron chi connectivity index (χ1n) is 2.77. The molecule has 0 radical (unpaired) electrons. The third kappa shape index (κ3) is 4.22. The van der Waals surface area contributed by atoms with E-state index in [1.165, 1.54) is 0 Å². The van der Waals surface area contributed by atoms with Crippen LogP contribution in [-0.4, -0.2) is 11.7 Å². The highest BCUT2D eigenvalue weighted by molar-refractivity contribution is 5.04. The van der Waals surface area contributed by atoms with Gasteiger partial charge in [0.2, 0.25) is 0 Å². The Balaban J connectivity index is 0. The second-order valence-corrected chi connectivity index (χ2v) is 3.01. The Bertz CT molecular complexity index is 87.2. The van der Waals surface area contributed by atoms with Crippen LogP contribution in [0.1, 0.15) is 28.2 Å². The van der Waals surface area contributed by atoms with Crippen LogP contribution in [0.4, 0.5) is 0 Å². The summed E-state index contributed by atoms with van der Waals surface area (Å²) in [5, 5.41) is 8.57. The summed E-state index contributed by atoms with van der Waals surface area (Å²) in [6.45, 7) is 9.90. The minimum Gasteiger partial charge on any atom is -0.392 e. The average molecular weight is 130 g/mol. The Kier molecular flexibility index (Phi) is 4.69. The van der Waals surface area contributed by atoms with E-state index in [4.69, 9.17) is 5.11 Å². The Morgan fingerprint density at radius 2 is 1.78 bits per heavy atom. The summed E-state index contributed by atoms with van der Waals surface area (Å²) in [6.07, 6.45) is 0. The van der Waals surface area contributed by atoms with Crippen molar-refractivity contribution >= 4 is 0 Å². The molecule has 1 N–H and O–H groups in total. The van der Waals surface area contributed by atoms with Crippen LogP contribution in [0.5, 0.6) is 0 Å². The molecular weight excluding hydrogens is 112 g/mol.